The van der Waals surface area contributed by atoms with Gasteiger partial charge in [-0.15, -0.1) is 11.8 Å². The number of imidazole rings is 1. The average molecular weight is 292 g/mol. The van der Waals surface area contributed by atoms with E-state index >= 15 is 0 Å². The van der Waals surface area contributed by atoms with Crippen LogP contribution in [0.15, 0.2) is 41.8 Å². The number of nitrogens with one attached hydrogen (secondary N) is 1. The van der Waals surface area contributed by atoms with Gasteiger partial charge in [-0.05, 0) is 18.4 Å². The van der Waals surface area contributed by atoms with Crippen LogP contribution >= 0.6 is 24.0 Å². The van der Waals surface area contributed by atoms with E-state index in [2.05, 4.69) is 10.3 Å². The summed E-state index contributed by atoms with van der Waals surface area (Å²) in [6.07, 6.45) is 7.53. The summed E-state index contributed by atoms with van der Waals surface area (Å²) in [6, 6.07) is 6.04. The summed E-state index contributed by atoms with van der Waals surface area (Å²) in [5, 5.41) is 3.38. The zero-order chi connectivity index (χ0) is 13.7. The third kappa shape index (κ3) is 3.48. The van der Waals surface area contributed by atoms with E-state index in [4.69, 9.17) is 18.0 Å². The average Bonchev–Trinajstić information content (AvgIpc) is 2.91. The van der Waals surface area contributed by atoms with Crippen molar-refractivity contribution in [3.63, 3.8) is 0 Å². The van der Waals surface area contributed by atoms with E-state index in [9.17, 15) is 0 Å². The maximum absolute atomic E-state index is 5.82. The smallest absolute Gasteiger partial charge is 0.107 e. The molecule has 0 aliphatic carbocycles. The first-order chi connectivity index (χ1) is 9.22. The molecule has 0 atom stereocenters. The zero-order valence-electron chi connectivity index (χ0n) is 10.7. The highest BCUT2D eigenvalue weighted by Crippen LogP contribution is 2.26. The van der Waals surface area contributed by atoms with E-state index in [1.807, 2.05) is 35.2 Å². The van der Waals surface area contributed by atoms with Gasteiger partial charge in [0.05, 0.1) is 6.33 Å². The molecule has 0 amide bonds. The molecule has 0 saturated heterocycles. The fourth-order valence-corrected chi connectivity index (χ4v) is 2.76. The minimum absolute atomic E-state index is 0.426. The largest absolute Gasteiger partial charge is 0.389 e. The van der Waals surface area contributed by atoms with Gasteiger partial charge in [0.15, 0.2) is 0 Å². The van der Waals surface area contributed by atoms with Crippen LogP contribution < -0.4 is 11.1 Å². The molecule has 19 heavy (non-hydrogen) atoms. The van der Waals surface area contributed by atoms with Crippen molar-refractivity contribution in [3.05, 3.63) is 42.5 Å². The van der Waals surface area contributed by atoms with Gasteiger partial charge in [0.25, 0.3) is 0 Å². The highest BCUT2D eigenvalue weighted by atomic mass is 32.2. The van der Waals surface area contributed by atoms with Gasteiger partial charge in [-0.2, -0.15) is 0 Å². The normalized spacial score (nSPS) is 10.4. The Kier molecular flexibility index (Phi) is 4.81. The first-order valence-corrected chi connectivity index (χ1v) is 7.52. The van der Waals surface area contributed by atoms with Crippen LogP contribution in [0.3, 0.4) is 0 Å². The highest BCUT2D eigenvalue weighted by Gasteiger charge is 2.09. The molecule has 100 valence electrons. The number of hydrogen-bond acceptors (Lipinski definition) is 4. The number of anilines is 1. The summed E-state index contributed by atoms with van der Waals surface area (Å²) in [5.74, 6) is 0. The van der Waals surface area contributed by atoms with Gasteiger partial charge in [-0.1, -0.05) is 18.3 Å². The van der Waals surface area contributed by atoms with Gasteiger partial charge in [-0.25, -0.2) is 4.98 Å². The fourth-order valence-electron chi connectivity index (χ4n) is 1.84. The van der Waals surface area contributed by atoms with Gasteiger partial charge >= 0.3 is 0 Å². The van der Waals surface area contributed by atoms with Crippen LogP contribution in [0.4, 0.5) is 5.69 Å². The van der Waals surface area contributed by atoms with E-state index in [0.717, 1.165) is 29.2 Å². The third-order valence-electron chi connectivity index (χ3n) is 2.74. The zero-order valence-corrected chi connectivity index (χ0v) is 12.3. The lowest BCUT2D eigenvalue weighted by Crippen LogP contribution is -2.16. The molecule has 1 aromatic heterocycles. The highest BCUT2D eigenvalue weighted by molar-refractivity contribution is 7.98. The molecule has 4 nitrogen and oxygen atoms in total. The Morgan fingerprint density at radius 2 is 2.37 bits per heavy atom. The van der Waals surface area contributed by atoms with E-state index in [-0.39, 0.29) is 0 Å². The van der Waals surface area contributed by atoms with Crippen LogP contribution in [0.2, 0.25) is 0 Å². The second-order valence-electron chi connectivity index (χ2n) is 3.97. The Morgan fingerprint density at radius 3 is 3.00 bits per heavy atom. The monoisotopic (exact) mass is 292 g/mol. The molecule has 0 unspecified atom stereocenters. The quantitative estimate of drug-likeness (QED) is 0.632. The third-order valence-corrected chi connectivity index (χ3v) is 3.72. The second kappa shape index (κ2) is 6.58. The molecule has 0 saturated carbocycles. The molecule has 0 bridgehead atoms. The van der Waals surface area contributed by atoms with E-state index in [1.165, 1.54) is 0 Å². The number of thioether (sulfide) groups is 1. The Labute approximate surface area is 122 Å². The number of rotatable bonds is 6. The van der Waals surface area contributed by atoms with E-state index in [1.54, 1.807) is 24.3 Å². The molecule has 2 rings (SSSR count). The number of nitrogens with zero attached hydrogens (tertiary/aromatic N) is 2. The molecule has 0 aliphatic heterocycles. The summed E-state index contributed by atoms with van der Waals surface area (Å²) in [4.78, 5) is 5.54. The lowest BCUT2D eigenvalue weighted by molar-refractivity contribution is 0.727. The molecule has 3 N–H and O–H groups in total. The first-order valence-electron chi connectivity index (χ1n) is 5.89. The van der Waals surface area contributed by atoms with Crippen molar-refractivity contribution in [1.29, 1.82) is 0 Å². The lowest BCUT2D eigenvalue weighted by atomic mass is 10.1. The molecule has 0 spiro atoms. The van der Waals surface area contributed by atoms with Gasteiger partial charge in [-0.3, -0.25) is 0 Å². The molecule has 0 fully saturated rings. The van der Waals surface area contributed by atoms with Crippen LogP contribution in [0, 0.1) is 0 Å². The van der Waals surface area contributed by atoms with Gasteiger partial charge in [0.2, 0.25) is 0 Å². The summed E-state index contributed by atoms with van der Waals surface area (Å²) in [5.41, 5.74) is 7.73. The van der Waals surface area contributed by atoms with Crippen LogP contribution in [0.1, 0.15) is 5.56 Å². The Morgan fingerprint density at radius 1 is 1.53 bits per heavy atom. The maximum atomic E-state index is 5.82. The lowest BCUT2D eigenvalue weighted by Gasteiger charge is -2.14. The Hall–Kier alpha value is -1.53. The van der Waals surface area contributed by atoms with Gasteiger partial charge in [0.1, 0.15) is 4.99 Å². The van der Waals surface area contributed by atoms with E-state index in [0.29, 0.717) is 4.99 Å². The molecule has 0 aliphatic rings. The van der Waals surface area contributed by atoms with Crippen LogP contribution in [0.25, 0.3) is 0 Å². The van der Waals surface area contributed by atoms with Crippen LogP contribution in [-0.4, -0.2) is 27.3 Å². The van der Waals surface area contributed by atoms with Gasteiger partial charge < -0.3 is 15.6 Å². The standard InChI is InChI=1S/C13H16N4S2/c1-19-11-4-2-3-10(12(11)13(14)18)16-6-8-17-7-5-15-9-17/h2-5,7,9,16H,6,8H2,1H3,(H2,14,18). The maximum Gasteiger partial charge on any atom is 0.107 e. The minimum atomic E-state index is 0.426. The number of thiocarbonyl (C=S) groups is 1. The van der Waals surface area contributed by atoms with Crippen LogP contribution in [-0.2, 0) is 6.54 Å². The Bertz CT molecular complexity index is 552. The van der Waals surface area contributed by atoms with Crippen molar-refractivity contribution >= 4 is 34.7 Å². The first kappa shape index (κ1) is 13.9. The summed E-state index contributed by atoms with van der Waals surface area (Å²) < 4.78 is 2.02. The van der Waals surface area contributed by atoms with E-state index < -0.39 is 0 Å². The number of benzene rings is 1. The van der Waals surface area contributed by atoms with Crippen molar-refractivity contribution in [2.24, 2.45) is 5.73 Å². The number of nitrogens with two attached hydrogens (primary N) is 1. The van der Waals surface area contributed by atoms with Crippen LogP contribution in [0.5, 0.6) is 0 Å². The van der Waals surface area contributed by atoms with Crippen molar-refractivity contribution in [3.8, 4) is 0 Å². The predicted molar refractivity (Wildman–Crippen MR) is 84.8 cm³/mol. The van der Waals surface area contributed by atoms with Crippen molar-refractivity contribution in [2.75, 3.05) is 18.1 Å². The molecule has 1 heterocycles. The number of aromatic nitrogens is 2. The number of hydrogen-bond donors (Lipinski definition) is 2. The van der Waals surface area contributed by atoms with Crippen molar-refractivity contribution < 1.29 is 0 Å². The topological polar surface area (TPSA) is 55.9 Å². The molecular formula is C13H16N4S2. The summed E-state index contributed by atoms with van der Waals surface area (Å²) in [7, 11) is 0. The molecule has 2 aromatic rings. The van der Waals surface area contributed by atoms with Crippen molar-refractivity contribution in [2.45, 2.75) is 11.4 Å². The molecule has 1 aromatic carbocycles. The van der Waals surface area contributed by atoms with Crippen molar-refractivity contribution in [1.82, 2.24) is 9.55 Å². The molecular weight excluding hydrogens is 276 g/mol. The molecule has 0 radical (unpaired) electrons. The Balaban J connectivity index is 2.09. The minimum Gasteiger partial charge on any atom is -0.389 e. The summed E-state index contributed by atoms with van der Waals surface area (Å²) in [6.45, 7) is 1.64. The predicted octanol–water partition coefficient (Wildman–Crippen LogP) is 2.35. The molecule has 6 heteroatoms. The SMILES string of the molecule is CSc1cccc(NCCn2ccnc2)c1C(N)=S. The second-order valence-corrected chi connectivity index (χ2v) is 5.26. The summed E-state index contributed by atoms with van der Waals surface area (Å²) >= 11 is 6.79. The fraction of sp³-hybridized carbons (Fsp3) is 0.231. The van der Waals surface area contributed by atoms with Gasteiger partial charge in [0, 0.05) is 41.6 Å².